The summed E-state index contributed by atoms with van der Waals surface area (Å²) in [5.41, 5.74) is -0.680. The Morgan fingerprint density at radius 2 is 1.77 bits per heavy atom. The van der Waals surface area contributed by atoms with E-state index >= 15 is 0 Å². The Kier molecular flexibility index (Phi) is 6.50. The number of aryl methyl sites for hydroxylation is 1. The first-order chi connectivity index (χ1) is 14.4. The van der Waals surface area contributed by atoms with Crippen molar-refractivity contribution in [1.82, 2.24) is 19.1 Å². The highest BCUT2D eigenvalue weighted by Gasteiger charge is 2.24. The highest BCUT2D eigenvalue weighted by atomic mass is 35.5. The van der Waals surface area contributed by atoms with Crippen LogP contribution in [-0.4, -0.2) is 30.8 Å². The zero-order valence-electron chi connectivity index (χ0n) is 17.6. The predicted octanol–water partition coefficient (Wildman–Crippen LogP) is 3.36. The number of fused-ring (bicyclic) bond motifs is 1. The van der Waals surface area contributed by atoms with Crippen molar-refractivity contribution in [3.05, 3.63) is 54.9 Å². The maximum Gasteiger partial charge on any atom is 0.332 e. The molecule has 0 saturated heterocycles. The molecule has 31 heavy (non-hydrogen) atoms. The Labute approximate surface area is 192 Å². The number of amides is 1. The molecule has 0 atom stereocenters. The SMILES string of the molecule is Cn1c(=O)c2c(SCC(=O)Nc3ccc(Cl)c(Cl)c3)nc(C(C)(C)C)nc2n(C)c1=O. The van der Waals surface area contributed by atoms with E-state index < -0.39 is 16.7 Å². The summed E-state index contributed by atoms with van der Waals surface area (Å²) in [7, 11) is 2.95. The molecule has 1 amide bonds. The number of halogens is 2. The maximum absolute atomic E-state index is 12.8. The summed E-state index contributed by atoms with van der Waals surface area (Å²) in [6.45, 7) is 5.79. The molecule has 0 fully saturated rings. The van der Waals surface area contributed by atoms with Gasteiger partial charge in [-0.3, -0.25) is 18.7 Å². The quantitative estimate of drug-likeness (QED) is 0.452. The Hall–Kier alpha value is -2.36. The van der Waals surface area contributed by atoms with Crippen LogP contribution in [0.2, 0.25) is 10.0 Å². The molecular formula is C20H21Cl2N5O3S. The second-order valence-electron chi connectivity index (χ2n) is 7.97. The number of nitrogens with zero attached hydrogens (tertiary/aromatic N) is 4. The topological polar surface area (TPSA) is 98.9 Å². The Bertz CT molecular complexity index is 1310. The third-order valence-electron chi connectivity index (χ3n) is 4.48. The number of aromatic nitrogens is 4. The minimum Gasteiger partial charge on any atom is -0.325 e. The number of hydrogen-bond donors (Lipinski definition) is 1. The molecule has 2 aromatic heterocycles. The van der Waals surface area contributed by atoms with Crippen molar-refractivity contribution in [2.45, 2.75) is 31.2 Å². The fourth-order valence-corrected chi connectivity index (χ4v) is 3.89. The molecule has 0 spiro atoms. The lowest BCUT2D eigenvalue weighted by atomic mass is 9.96. The summed E-state index contributed by atoms with van der Waals surface area (Å²) in [6, 6.07) is 4.78. The van der Waals surface area contributed by atoms with Gasteiger partial charge in [-0.1, -0.05) is 55.7 Å². The van der Waals surface area contributed by atoms with E-state index in [-0.39, 0.29) is 22.7 Å². The van der Waals surface area contributed by atoms with Crippen molar-refractivity contribution >= 4 is 57.6 Å². The number of carbonyl (C=O) groups is 1. The summed E-state index contributed by atoms with van der Waals surface area (Å²) < 4.78 is 2.32. The van der Waals surface area contributed by atoms with Gasteiger partial charge in [0, 0.05) is 25.2 Å². The lowest BCUT2D eigenvalue weighted by Gasteiger charge is -2.19. The molecule has 3 aromatic rings. The molecule has 1 N–H and O–H groups in total. The van der Waals surface area contributed by atoms with Crippen molar-refractivity contribution < 1.29 is 4.79 Å². The number of anilines is 1. The highest BCUT2D eigenvalue weighted by molar-refractivity contribution is 8.00. The zero-order valence-corrected chi connectivity index (χ0v) is 19.9. The van der Waals surface area contributed by atoms with E-state index in [0.29, 0.717) is 26.6 Å². The maximum atomic E-state index is 12.8. The van der Waals surface area contributed by atoms with E-state index in [1.54, 1.807) is 25.2 Å². The third-order valence-corrected chi connectivity index (χ3v) is 6.20. The van der Waals surface area contributed by atoms with Gasteiger partial charge in [-0.05, 0) is 18.2 Å². The second kappa shape index (κ2) is 8.64. The molecule has 0 aliphatic heterocycles. The average molecular weight is 482 g/mol. The van der Waals surface area contributed by atoms with E-state index in [1.165, 1.54) is 11.6 Å². The first kappa shape index (κ1) is 23.3. The minimum atomic E-state index is -0.508. The summed E-state index contributed by atoms with van der Waals surface area (Å²) >= 11 is 13.0. The van der Waals surface area contributed by atoms with Crippen LogP contribution in [0.25, 0.3) is 11.0 Å². The second-order valence-corrected chi connectivity index (χ2v) is 9.75. The normalized spacial score (nSPS) is 11.7. The van der Waals surface area contributed by atoms with Gasteiger partial charge in [-0.2, -0.15) is 0 Å². The molecule has 0 aliphatic rings. The molecule has 0 saturated carbocycles. The molecule has 0 aliphatic carbocycles. The number of carbonyl (C=O) groups excluding carboxylic acids is 1. The van der Waals surface area contributed by atoms with Crippen LogP contribution in [0.5, 0.6) is 0 Å². The smallest absolute Gasteiger partial charge is 0.325 e. The largest absolute Gasteiger partial charge is 0.332 e. The first-order valence-corrected chi connectivity index (χ1v) is 11.0. The number of benzene rings is 1. The standard InChI is InChI=1S/C20H21Cl2N5O3S/c1-20(2,3)18-24-15-14(17(29)27(5)19(30)26(15)4)16(25-18)31-9-13(28)23-10-6-7-11(21)12(22)8-10/h6-8H,9H2,1-5H3,(H,23,28). The van der Waals surface area contributed by atoms with Crippen LogP contribution in [0.1, 0.15) is 26.6 Å². The number of rotatable bonds is 4. The fraction of sp³-hybridized carbons (Fsp3) is 0.350. The number of nitrogens with one attached hydrogen (secondary N) is 1. The fourth-order valence-electron chi connectivity index (χ4n) is 2.77. The summed E-state index contributed by atoms with van der Waals surface area (Å²) in [5, 5.41) is 3.99. The Morgan fingerprint density at radius 3 is 2.39 bits per heavy atom. The molecule has 0 bridgehead atoms. The van der Waals surface area contributed by atoms with Crippen molar-refractivity contribution in [2.75, 3.05) is 11.1 Å². The van der Waals surface area contributed by atoms with Crippen LogP contribution in [0.15, 0.2) is 32.8 Å². The molecule has 0 radical (unpaired) electrons. The van der Waals surface area contributed by atoms with Crippen LogP contribution in [-0.2, 0) is 24.3 Å². The van der Waals surface area contributed by atoms with Gasteiger partial charge in [0.15, 0.2) is 5.65 Å². The van der Waals surface area contributed by atoms with E-state index in [9.17, 15) is 14.4 Å². The van der Waals surface area contributed by atoms with Gasteiger partial charge in [0.25, 0.3) is 5.56 Å². The third kappa shape index (κ3) is 4.78. The Morgan fingerprint density at radius 1 is 1.10 bits per heavy atom. The van der Waals surface area contributed by atoms with Gasteiger partial charge in [-0.25, -0.2) is 14.8 Å². The van der Waals surface area contributed by atoms with E-state index in [1.807, 2.05) is 20.8 Å². The van der Waals surface area contributed by atoms with Crippen molar-refractivity contribution in [3.8, 4) is 0 Å². The average Bonchev–Trinajstić information content (AvgIpc) is 2.70. The molecule has 0 unspecified atom stereocenters. The zero-order chi connectivity index (χ0) is 23.1. The van der Waals surface area contributed by atoms with Gasteiger partial charge in [-0.15, -0.1) is 0 Å². The molecule has 164 valence electrons. The van der Waals surface area contributed by atoms with Crippen LogP contribution in [0, 0.1) is 0 Å². The number of thioether (sulfide) groups is 1. The van der Waals surface area contributed by atoms with E-state index in [2.05, 4.69) is 15.3 Å². The van der Waals surface area contributed by atoms with Gasteiger partial charge in [0.05, 0.1) is 15.8 Å². The number of hydrogen-bond acceptors (Lipinski definition) is 6. The van der Waals surface area contributed by atoms with Crippen LogP contribution in [0.3, 0.4) is 0 Å². The summed E-state index contributed by atoms with van der Waals surface area (Å²) in [5.74, 6) is 0.145. The summed E-state index contributed by atoms with van der Waals surface area (Å²) in [6.07, 6.45) is 0. The first-order valence-electron chi connectivity index (χ1n) is 9.26. The molecule has 8 nitrogen and oxygen atoms in total. The van der Waals surface area contributed by atoms with E-state index in [0.717, 1.165) is 16.3 Å². The van der Waals surface area contributed by atoms with Crippen LogP contribution >= 0.6 is 35.0 Å². The molecule has 3 rings (SSSR count). The lowest BCUT2D eigenvalue weighted by Crippen LogP contribution is -2.38. The predicted molar refractivity (Wildman–Crippen MR) is 125 cm³/mol. The van der Waals surface area contributed by atoms with Crippen molar-refractivity contribution in [3.63, 3.8) is 0 Å². The molecule has 1 aromatic carbocycles. The molecular weight excluding hydrogens is 461 g/mol. The monoisotopic (exact) mass is 481 g/mol. The molecule has 11 heteroatoms. The van der Waals surface area contributed by atoms with Gasteiger partial charge in [0.2, 0.25) is 5.91 Å². The van der Waals surface area contributed by atoms with Crippen molar-refractivity contribution in [1.29, 1.82) is 0 Å². The van der Waals surface area contributed by atoms with Gasteiger partial charge >= 0.3 is 5.69 Å². The minimum absolute atomic E-state index is 0.0120. The Balaban J connectivity index is 2.00. The summed E-state index contributed by atoms with van der Waals surface area (Å²) in [4.78, 5) is 46.7. The van der Waals surface area contributed by atoms with E-state index in [4.69, 9.17) is 23.2 Å². The lowest BCUT2D eigenvalue weighted by molar-refractivity contribution is -0.113. The highest BCUT2D eigenvalue weighted by Crippen LogP contribution is 2.28. The van der Waals surface area contributed by atoms with Crippen LogP contribution in [0.4, 0.5) is 5.69 Å². The van der Waals surface area contributed by atoms with Crippen LogP contribution < -0.4 is 16.6 Å². The molecule has 2 heterocycles. The van der Waals surface area contributed by atoms with Gasteiger partial charge < -0.3 is 5.32 Å². The van der Waals surface area contributed by atoms with Gasteiger partial charge in [0.1, 0.15) is 16.2 Å². The van der Waals surface area contributed by atoms with Crippen molar-refractivity contribution in [2.24, 2.45) is 14.1 Å².